The highest BCUT2D eigenvalue weighted by molar-refractivity contribution is 5.89. The Morgan fingerprint density at radius 3 is 2.69 bits per heavy atom. The molecule has 0 atom stereocenters. The van der Waals surface area contributed by atoms with Crippen molar-refractivity contribution in [2.24, 2.45) is 0 Å². The third-order valence-corrected chi connectivity index (χ3v) is 5.08. The predicted octanol–water partition coefficient (Wildman–Crippen LogP) is 3.40. The zero-order chi connectivity index (χ0) is 22.1. The van der Waals surface area contributed by atoms with E-state index in [0.717, 1.165) is 5.56 Å². The molecule has 0 saturated heterocycles. The van der Waals surface area contributed by atoms with Gasteiger partial charge in [-0.2, -0.15) is 15.2 Å². The van der Waals surface area contributed by atoms with Crippen molar-refractivity contribution in [1.29, 1.82) is 0 Å². The van der Waals surface area contributed by atoms with Crippen LogP contribution in [-0.4, -0.2) is 49.2 Å². The van der Waals surface area contributed by atoms with E-state index in [1.165, 1.54) is 27.8 Å². The van der Waals surface area contributed by atoms with Crippen LogP contribution in [0.1, 0.15) is 22.8 Å². The molecule has 3 heterocycles. The zero-order valence-electron chi connectivity index (χ0n) is 17.6. The molecule has 0 aliphatic rings. The maximum Gasteiger partial charge on any atom is 0.341 e. The lowest BCUT2D eigenvalue weighted by molar-refractivity contribution is 0.0526. The second kappa shape index (κ2) is 8.10. The highest BCUT2D eigenvalue weighted by atomic mass is 16.5. The van der Waals surface area contributed by atoms with Crippen LogP contribution >= 0.6 is 0 Å². The van der Waals surface area contributed by atoms with Crippen LogP contribution in [0.5, 0.6) is 5.88 Å². The maximum absolute atomic E-state index is 11.9. The molecule has 0 radical (unpaired) electrons. The summed E-state index contributed by atoms with van der Waals surface area (Å²) in [6, 6.07) is 14.5. The average Bonchev–Trinajstić information content (AvgIpc) is 3.46. The number of benzene rings is 2. The first kappa shape index (κ1) is 19.7. The maximum atomic E-state index is 11.9. The Labute approximate surface area is 183 Å². The first-order valence-corrected chi connectivity index (χ1v) is 10.1. The van der Waals surface area contributed by atoms with Gasteiger partial charge in [-0.1, -0.05) is 36.4 Å². The SMILES string of the molecule is CCOC(=O)c1cnn(-c2nc(OC)c3c(cnn3Cc3ccc4ccccc4c3)n2)c1. The standard InChI is InChI=1S/C23H20N6O3/c1-3-32-22(30)18-11-24-29(14-18)23-26-19-12-25-28(20(19)21(27-23)31-2)13-15-8-9-16-6-4-5-7-17(16)10-15/h4-12,14H,3,13H2,1-2H3. The largest absolute Gasteiger partial charge is 0.479 e. The molecule has 0 amide bonds. The molecular weight excluding hydrogens is 408 g/mol. The van der Waals surface area contributed by atoms with Crippen LogP contribution in [0.15, 0.2) is 61.1 Å². The molecule has 32 heavy (non-hydrogen) atoms. The van der Waals surface area contributed by atoms with Gasteiger partial charge in [0.15, 0.2) is 0 Å². The van der Waals surface area contributed by atoms with Gasteiger partial charge >= 0.3 is 5.97 Å². The van der Waals surface area contributed by atoms with E-state index >= 15 is 0 Å². The normalized spacial score (nSPS) is 11.2. The first-order chi connectivity index (χ1) is 15.7. The number of nitrogens with zero attached hydrogens (tertiary/aromatic N) is 6. The van der Waals surface area contributed by atoms with Gasteiger partial charge in [-0.15, -0.1) is 0 Å². The minimum atomic E-state index is -0.449. The van der Waals surface area contributed by atoms with E-state index < -0.39 is 5.97 Å². The molecule has 0 unspecified atom stereocenters. The molecule has 0 saturated carbocycles. The lowest BCUT2D eigenvalue weighted by Crippen LogP contribution is -2.07. The van der Waals surface area contributed by atoms with Crippen molar-refractivity contribution in [3.05, 3.63) is 72.2 Å². The average molecular weight is 428 g/mol. The summed E-state index contributed by atoms with van der Waals surface area (Å²) < 4.78 is 13.8. The van der Waals surface area contributed by atoms with E-state index in [9.17, 15) is 4.79 Å². The second-order valence-corrected chi connectivity index (χ2v) is 7.14. The summed E-state index contributed by atoms with van der Waals surface area (Å²) in [4.78, 5) is 21.0. The van der Waals surface area contributed by atoms with Crippen LogP contribution in [0.3, 0.4) is 0 Å². The number of ether oxygens (including phenoxy) is 2. The van der Waals surface area contributed by atoms with E-state index in [4.69, 9.17) is 9.47 Å². The minimum Gasteiger partial charge on any atom is -0.479 e. The Hall–Kier alpha value is -4.27. The molecule has 0 fully saturated rings. The molecule has 0 bridgehead atoms. The number of rotatable bonds is 6. The number of fused-ring (bicyclic) bond motifs is 2. The monoisotopic (exact) mass is 428 g/mol. The molecule has 0 aliphatic heterocycles. The Morgan fingerprint density at radius 2 is 1.88 bits per heavy atom. The molecule has 2 aromatic carbocycles. The van der Waals surface area contributed by atoms with Crippen molar-refractivity contribution in [2.45, 2.75) is 13.5 Å². The molecule has 3 aromatic heterocycles. The first-order valence-electron chi connectivity index (χ1n) is 10.1. The Balaban J connectivity index is 1.50. The summed E-state index contributed by atoms with van der Waals surface area (Å²) in [6.07, 6.45) is 4.61. The van der Waals surface area contributed by atoms with Gasteiger partial charge < -0.3 is 9.47 Å². The smallest absolute Gasteiger partial charge is 0.341 e. The molecule has 5 rings (SSSR count). The van der Waals surface area contributed by atoms with Crippen LogP contribution in [-0.2, 0) is 11.3 Å². The Morgan fingerprint density at radius 1 is 1.03 bits per heavy atom. The van der Waals surface area contributed by atoms with E-state index in [1.807, 2.05) is 16.8 Å². The quantitative estimate of drug-likeness (QED) is 0.382. The lowest BCUT2D eigenvalue weighted by atomic mass is 10.1. The summed E-state index contributed by atoms with van der Waals surface area (Å²) in [5, 5.41) is 11.0. The van der Waals surface area contributed by atoms with Gasteiger partial charge in [0.2, 0.25) is 5.88 Å². The van der Waals surface area contributed by atoms with Crippen molar-refractivity contribution in [3.63, 3.8) is 0 Å². The highest BCUT2D eigenvalue weighted by Gasteiger charge is 2.17. The fourth-order valence-electron chi connectivity index (χ4n) is 3.58. The van der Waals surface area contributed by atoms with Gasteiger partial charge in [-0.05, 0) is 29.3 Å². The van der Waals surface area contributed by atoms with Gasteiger partial charge in [0.05, 0.1) is 38.2 Å². The summed E-state index contributed by atoms with van der Waals surface area (Å²) in [7, 11) is 1.55. The predicted molar refractivity (Wildman–Crippen MR) is 118 cm³/mol. The van der Waals surface area contributed by atoms with Crippen LogP contribution in [0.4, 0.5) is 0 Å². The fraction of sp³-hybridized carbons (Fsp3) is 0.174. The second-order valence-electron chi connectivity index (χ2n) is 7.14. The van der Waals surface area contributed by atoms with E-state index in [0.29, 0.717) is 29.0 Å². The van der Waals surface area contributed by atoms with E-state index in [-0.39, 0.29) is 12.6 Å². The molecule has 160 valence electrons. The summed E-state index contributed by atoms with van der Waals surface area (Å²) >= 11 is 0. The van der Waals surface area contributed by atoms with Crippen molar-refractivity contribution in [3.8, 4) is 11.8 Å². The van der Waals surface area contributed by atoms with Crippen LogP contribution in [0.25, 0.3) is 27.8 Å². The van der Waals surface area contributed by atoms with Crippen molar-refractivity contribution < 1.29 is 14.3 Å². The number of hydrogen-bond donors (Lipinski definition) is 0. The Kier molecular flexibility index (Phi) is 4.98. The number of hydrogen-bond acceptors (Lipinski definition) is 7. The van der Waals surface area contributed by atoms with Gasteiger partial charge in [-0.3, -0.25) is 4.68 Å². The molecule has 0 spiro atoms. The highest BCUT2D eigenvalue weighted by Crippen LogP contribution is 2.25. The van der Waals surface area contributed by atoms with Crippen molar-refractivity contribution in [1.82, 2.24) is 29.5 Å². The van der Waals surface area contributed by atoms with Crippen LogP contribution in [0, 0.1) is 0 Å². The topological polar surface area (TPSA) is 97.0 Å². The van der Waals surface area contributed by atoms with Gasteiger partial charge in [-0.25, -0.2) is 14.5 Å². The van der Waals surface area contributed by atoms with Gasteiger partial charge in [0.1, 0.15) is 11.0 Å². The molecular formula is C23H20N6O3. The van der Waals surface area contributed by atoms with Crippen LogP contribution < -0.4 is 4.74 Å². The number of methoxy groups -OCH3 is 1. The van der Waals surface area contributed by atoms with Gasteiger partial charge in [0.25, 0.3) is 5.95 Å². The summed E-state index contributed by atoms with van der Waals surface area (Å²) in [6.45, 7) is 2.58. The summed E-state index contributed by atoms with van der Waals surface area (Å²) in [5.74, 6) is 0.196. The Bertz CT molecular complexity index is 1440. The molecule has 9 nitrogen and oxygen atoms in total. The molecule has 5 aromatic rings. The van der Waals surface area contributed by atoms with Crippen LogP contribution in [0.2, 0.25) is 0 Å². The molecule has 9 heteroatoms. The van der Waals surface area contributed by atoms with E-state index in [2.05, 4.69) is 50.5 Å². The third-order valence-electron chi connectivity index (χ3n) is 5.08. The zero-order valence-corrected chi connectivity index (χ0v) is 17.6. The lowest BCUT2D eigenvalue weighted by Gasteiger charge is -2.09. The molecule has 0 aliphatic carbocycles. The molecule has 0 N–H and O–H groups in total. The number of carbonyl (C=O) groups excluding carboxylic acids is 1. The third kappa shape index (κ3) is 3.53. The number of carbonyl (C=O) groups is 1. The van der Waals surface area contributed by atoms with E-state index in [1.54, 1.807) is 20.2 Å². The number of esters is 1. The van der Waals surface area contributed by atoms with Crippen molar-refractivity contribution in [2.75, 3.05) is 13.7 Å². The van der Waals surface area contributed by atoms with Crippen molar-refractivity contribution >= 4 is 27.8 Å². The minimum absolute atomic E-state index is 0.273. The van der Waals surface area contributed by atoms with Gasteiger partial charge in [0, 0.05) is 6.20 Å². The summed E-state index contributed by atoms with van der Waals surface area (Å²) in [5.41, 5.74) is 2.72. The number of aromatic nitrogens is 6. The fourth-order valence-corrected chi connectivity index (χ4v) is 3.58.